The quantitative estimate of drug-likeness (QED) is 0.712. The average molecular weight is 228 g/mol. The van der Waals surface area contributed by atoms with Gasteiger partial charge in [-0.15, -0.1) is 0 Å². The van der Waals surface area contributed by atoms with Gasteiger partial charge in [0, 0.05) is 10.6 Å². The van der Waals surface area contributed by atoms with Gasteiger partial charge in [0.25, 0.3) is 0 Å². The van der Waals surface area contributed by atoms with E-state index in [1.165, 1.54) is 0 Å². The number of rotatable bonds is 0. The van der Waals surface area contributed by atoms with Gasteiger partial charge in [0.2, 0.25) is 0 Å². The van der Waals surface area contributed by atoms with Gasteiger partial charge in [0.1, 0.15) is 17.5 Å². The molecule has 2 atom stereocenters. The summed E-state index contributed by atoms with van der Waals surface area (Å²) in [6.07, 6.45) is -0.734. The highest BCUT2D eigenvalue weighted by molar-refractivity contribution is 6.30. The van der Waals surface area contributed by atoms with Gasteiger partial charge in [-0.2, -0.15) is 0 Å². The smallest absolute Gasteiger partial charge is 0.126 e. The maximum atomic E-state index is 10.0. The molecule has 82 valence electrons. The highest BCUT2D eigenvalue weighted by Gasteiger charge is 2.40. The molecule has 15 heavy (non-hydrogen) atoms. The number of hydrogen-bond donors (Lipinski definition) is 2. The van der Waals surface area contributed by atoms with E-state index in [2.05, 4.69) is 0 Å². The van der Waals surface area contributed by atoms with E-state index in [1.54, 1.807) is 18.2 Å². The predicted octanol–water partition coefficient (Wildman–Crippen LogP) is 1.87. The second-order valence-corrected chi connectivity index (χ2v) is 4.79. The second kappa shape index (κ2) is 3.37. The van der Waals surface area contributed by atoms with E-state index in [-0.39, 0.29) is 0 Å². The maximum absolute atomic E-state index is 10.0. The topological polar surface area (TPSA) is 55.5 Å². The number of aliphatic hydroxyl groups excluding tert-OH is 1. The fourth-order valence-corrected chi connectivity index (χ4v) is 1.95. The number of aliphatic hydroxyl groups is 1. The van der Waals surface area contributed by atoms with Crippen molar-refractivity contribution in [3.05, 3.63) is 28.8 Å². The molecule has 0 amide bonds. The molecule has 2 rings (SSSR count). The molecule has 0 aromatic heterocycles. The summed E-state index contributed by atoms with van der Waals surface area (Å²) >= 11 is 5.85. The molecule has 0 unspecified atom stereocenters. The van der Waals surface area contributed by atoms with Gasteiger partial charge in [-0.05, 0) is 32.0 Å². The van der Waals surface area contributed by atoms with Crippen LogP contribution in [0.4, 0.5) is 0 Å². The van der Waals surface area contributed by atoms with Crippen molar-refractivity contribution >= 4 is 11.6 Å². The summed E-state index contributed by atoms with van der Waals surface area (Å²) in [6, 6.07) is 4.73. The number of fused-ring (bicyclic) bond motifs is 1. The first-order valence-electron chi connectivity index (χ1n) is 4.84. The first-order chi connectivity index (χ1) is 6.92. The third-order valence-electron chi connectivity index (χ3n) is 2.81. The number of nitrogens with two attached hydrogens (primary N) is 1. The van der Waals surface area contributed by atoms with Gasteiger partial charge in [-0.25, -0.2) is 0 Å². The first kappa shape index (κ1) is 10.7. The zero-order valence-electron chi connectivity index (χ0n) is 8.70. The minimum atomic E-state index is -0.734. The summed E-state index contributed by atoms with van der Waals surface area (Å²) in [5.41, 5.74) is 6.00. The van der Waals surface area contributed by atoms with Crippen LogP contribution in [-0.2, 0) is 0 Å². The van der Waals surface area contributed by atoms with E-state index in [9.17, 15) is 5.11 Å². The molecule has 0 radical (unpaired) electrons. The van der Waals surface area contributed by atoms with Crippen LogP contribution in [0.3, 0.4) is 0 Å². The molecule has 0 aliphatic carbocycles. The fourth-order valence-electron chi connectivity index (χ4n) is 1.77. The predicted molar refractivity (Wildman–Crippen MR) is 59.1 cm³/mol. The van der Waals surface area contributed by atoms with Crippen molar-refractivity contribution in [2.45, 2.75) is 31.6 Å². The van der Waals surface area contributed by atoms with Crippen molar-refractivity contribution in [1.29, 1.82) is 0 Å². The van der Waals surface area contributed by atoms with Crippen molar-refractivity contribution in [1.82, 2.24) is 0 Å². The molecular formula is C11H14ClNO2. The molecule has 1 aromatic carbocycles. The van der Waals surface area contributed by atoms with Crippen molar-refractivity contribution < 1.29 is 9.84 Å². The maximum Gasteiger partial charge on any atom is 0.126 e. The summed E-state index contributed by atoms with van der Waals surface area (Å²) in [6.45, 7) is 3.72. The van der Waals surface area contributed by atoms with E-state index in [1.807, 2.05) is 13.8 Å². The Labute approximate surface area is 93.8 Å². The van der Waals surface area contributed by atoms with Crippen LogP contribution < -0.4 is 10.5 Å². The first-order valence-corrected chi connectivity index (χ1v) is 5.22. The van der Waals surface area contributed by atoms with Crippen molar-refractivity contribution in [3.8, 4) is 5.75 Å². The van der Waals surface area contributed by atoms with Gasteiger partial charge in [0.05, 0.1) is 6.04 Å². The second-order valence-electron chi connectivity index (χ2n) is 4.36. The Bertz CT molecular complexity index is 392. The zero-order valence-corrected chi connectivity index (χ0v) is 9.45. The minimum absolute atomic E-state index is 0.455. The molecule has 3 nitrogen and oxygen atoms in total. The Morgan fingerprint density at radius 1 is 1.47 bits per heavy atom. The zero-order chi connectivity index (χ0) is 11.2. The van der Waals surface area contributed by atoms with Gasteiger partial charge in [-0.1, -0.05) is 11.6 Å². The van der Waals surface area contributed by atoms with E-state index in [0.717, 1.165) is 0 Å². The van der Waals surface area contributed by atoms with Crippen LogP contribution in [0.15, 0.2) is 18.2 Å². The van der Waals surface area contributed by atoms with Crippen LogP contribution in [0.25, 0.3) is 0 Å². The van der Waals surface area contributed by atoms with Crippen LogP contribution in [0, 0.1) is 0 Å². The largest absolute Gasteiger partial charge is 0.486 e. The number of benzene rings is 1. The molecule has 0 spiro atoms. The average Bonchev–Trinajstić information content (AvgIpc) is 2.16. The van der Waals surface area contributed by atoms with E-state index in [0.29, 0.717) is 16.3 Å². The molecule has 1 heterocycles. The molecule has 3 N–H and O–H groups in total. The highest BCUT2D eigenvalue weighted by Crippen LogP contribution is 2.39. The van der Waals surface area contributed by atoms with Gasteiger partial charge in [-0.3, -0.25) is 0 Å². The molecule has 0 saturated carbocycles. The summed E-state index contributed by atoms with van der Waals surface area (Å²) < 4.78 is 5.71. The molecule has 0 bridgehead atoms. The summed E-state index contributed by atoms with van der Waals surface area (Å²) in [5, 5.41) is 10.6. The number of halogens is 1. The summed E-state index contributed by atoms with van der Waals surface area (Å²) in [5.74, 6) is 0.651. The van der Waals surface area contributed by atoms with Crippen molar-refractivity contribution in [2.75, 3.05) is 0 Å². The fraction of sp³-hybridized carbons (Fsp3) is 0.455. The van der Waals surface area contributed by atoms with Crippen molar-refractivity contribution in [3.63, 3.8) is 0 Å². The standard InChI is InChI=1S/C11H14ClNO2/c1-11(2)10(13)9(14)7-5-6(12)3-4-8(7)15-11/h3-5,9-10,14H,13H2,1-2H3/t9-,10+/m1/s1. The van der Waals surface area contributed by atoms with Gasteiger partial charge >= 0.3 is 0 Å². The van der Waals surface area contributed by atoms with Gasteiger partial charge in [0.15, 0.2) is 0 Å². The van der Waals surface area contributed by atoms with Crippen molar-refractivity contribution in [2.24, 2.45) is 5.73 Å². The van der Waals surface area contributed by atoms with E-state index >= 15 is 0 Å². The molecular weight excluding hydrogens is 214 g/mol. The minimum Gasteiger partial charge on any atom is -0.486 e. The number of ether oxygens (including phenoxy) is 1. The monoisotopic (exact) mass is 227 g/mol. The Morgan fingerprint density at radius 2 is 2.13 bits per heavy atom. The van der Waals surface area contributed by atoms with Crippen LogP contribution in [0.2, 0.25) is 5.02 Å². The van der Waals surface area contributed by atoms with E-state index in [4.69, 9.17) is 22.1 Å². The summed E-state index contributed by atoms with van der Waals surface area (Å²) in [7, 11) is 0. The van der Waals surface area contributed by atoms with E-state index < -0.39 is 17.7 Å². The normalized spacial score (nSPS) is 28.1. The Hall–Kier alpha value is -0.770. The Balaban J connectivity index is 2.50. The van der Waals surface area contributed by atoms with Crippen LogP contribution >= 0.6 is 11.6 Å². The van der Waals surface area contributed by atoms with Crippen LogP contribution in [0.5, 0.6) is 5.75 Å². The number of hydrogen-bond acceptors (Lipinski definition) is 3. The molecule has 1 aliphatic heterocycles. The lowest BCUT2D eigenvalue weighted by Crippen LogP contribution is -2.53. The lowest BCUT2D eigenvalue weighted by Gasteiger charge is -2.40. The lowest BCUT2D eigenvalue weighted by molar-refractivity contribution is -0.0117. The van der Waals surface area contributed by atoms with Gasteiger partial charge < -0.3 is 15.6 Å². The molecule has 1 aromatic rings. The molecule has 0 fully saturated rings. The molecule has 4 heteroatoms. The van der Waals surface area contributed by atoms with Crippen LogP contribution in [-0.4, -0.2) is 16.7 Å². The lowest BCUT2D eigenvalue weighted by atomic mass is 9.87. The highest BCUT2D eigenvalue weighted by atomic mass is 35.5. The Morgan fingerprint density at radius 3 is 2.80 bits per heavy atom. The third kappa shape index (κ3) is 1.71. The van der Waals surface area contributed by atoms with Crippen LogP contribution in [0.1, 0.15) is 25.5 Å². The SMILES string of the molecule is CC1(C)Oc2ccc(Cl)cc2[C@@H](O)[C@@H]1N. The third-order valence-corrected chi connectivity index (χ3v) is 3.04. The molecule has 1 aliphatic rings. The Kier molecular flexibility index (Phi) is 2.41. The summed E-state index contributed by atoms with van der Waals surface area (Å²) in [4.78, 5) is 0. The molecule has 0 saturated heterocycles.